The highest BCUT2D eigenvalue weighted by atomic mass is 16.5. The Morgan fingerprint density at radius 1 is 1.37 bits per heavy atom. The van der Waals surface area contributed by atoms with E-state index in [0.717, 1.165) is 5.56 Å². The first kappa shape index (κ1) is 15.0. The van der Waals surface area contributed by atoms with E-state index in [1.165, 1.54) is 0 Å². The molecule has 0 saturated heterocycles. The van der Waals surface area contributed by atoms with Gasteiger partial charge in [0.25, 0.3) is 5.91 Å². The highest BCUT2D eigenvalue weighted by Crippen LogP contribution is 2.13. The van der Waals surface area contributed by atoms with Gasteiger partial charge in [0.2, 0.25) is 0 Å². The van der Waals surface area contributed by atoms with Crippen LogP contribution in [0.4, 0.5) is 5.69 Å². The van der Waals surface area contributed by atoms with E-state index in [0.29, 0.717) is 23.7 Å². The van der Waals surface area contributed by atoms with Gasteiger partial charge in [-0.15, -0.1) is 0 Å². The molecule has 3 N–H and O–H groups in total. The minimum absolute atomic E-state index is 0.278. The van der Waals surface area contributed by atoms with Crippen LogP contribution in [0.1, 0.15) is 29.8 Å². The third-order valence-corrected chi connectivity index (χ3v) is 2.52. The Balaban J connectivity index is 2.51. The van der Waals surface area contributed by atoms with E-state index in [2.05, 4.69) is 5.32 Å². The maximum absolute atomic E-state index is 11.8. The van der Waals surface area contributed by atoms with E-state index in [1.807, 2.05) is 13.8 Å². The standard InChI is InChI=1S/C14H20N2O3/c1-9(2)7-16-13(17)8-19-14(18)12-6-11(15)5-4-10(12)3/h4-6,9H,7-8,15H2,1-3H3,(H,16,17). The lowest BCUT2D eigenvalue weighted by atomic mass is 10.1. The monoisotopic (exact) mass is 264 g/mol. The minimum Gasteiger partial charge on any atom is -0.452 e. The molecule has 0 aromatic heterocycles. The van der Waals surface area contributed by atoms with Gasteiger partial charge in [0.1, 0.15) is 0 Å². The predicted octanol–water partition coefficient (Wildman–Crippen LogP) is 1.51. The van der Waals surface area contributed by atoms with Gasteiger partial charge in [-0.25, -0.2) is 4.79 Å². The van der Waals surface area contributed by atoms with Crippen molar-refractivity contribution < 1.29 is 14.3 Å². The summed E-state index contributed by atoms with van der Waals surface area (Å²) in [6, 6.07) is 5.00. The summed E-state index contributed by atoms with van der Waals surface area (Å²) in [4.78, 5) is 23.2. The minimum atomic E-state index is -0.538. The van der Waals surface area contributed by atoms with E-state index >= 15 is 0 Å². The molecule has 1 amide bonds. The van der Waals surface area contributed by atoms with Crippen LogP contribution in [0.5, 0.6) is 0 Å². The molecule has 104 valence electrons. The third kappa shape index (κ3) is 4.99. The number of ether oxygens (including phenoxy) is 1. The van der Waals surface area contributed by atoms with E-state index in [4.69, 9.17) is 10.5 Å². The summed E-state index contributed by atoms with van der Waals surface area (Å²) in [5.41, 5.74) is 7.25. The molecule has 5 heteroatoms. The van der Waals surface area contributed by atoms with Crippen LogP contribution >= 0.6 is 0 Å². The molecule has 0 aliphatic heterocycles. The fourth-order valence-electron chi connectivity index (χ4n) is 1.44. The zero-order valence-electron chi connectivity index (χ0n) is 11.5. The van der Waals surface area contributed by atoms with Crippen molar-refractivity contribution in [2.45, 2.75) is 20.8 Å². The van der Waals surface area contributed by atoms with Gasteiger partial charge in [-0.1, -0.05) is 19.9 Å². The molecule has 0 fully saturated rings. The van der Waals surface area contributed by atoms with E-state index in [-0.39, 0.29) is 12.5 Å². The molecule has 1 aromatic rings. The average molecular weight is 264 g/mol. The topological polar surface area (TPSA) is 81.4 Å². The van der Waals surface area contributed by atoms with Gasteiger partial charge in [-0.3, -0.25) is 4.79 Å². The summed E-state index contributed by atoms with van der Waals surface area (Å²) < 4.78 is 4.95. The van der Waals surface area contributed by atoms with Gasteiger partial charge in [0.15, 0.2) is 6.61 Å². The van der Waals surface area contributed by atoms with Crippen molar-refractivity contribution in [3.8, 4) is 0 Å². The summed E-state index contributed by atoms with van der Waals surface area (Å²) in [7, 11) is 0. The van der Waals surface area contributed by atoms with Gasteiger partial charge >= 0.3 is 5.97 Å². The number of rotatable bonds is 5. The molecule has 0 aliphatic carbocycles. The number of nitrogens with one attached hydrogen (secondary N) is 1. The molecule has 0 heterocycles. The summed E-state index contributed by atoms with van der Waals surface area (Å²) in [5.74, 6) is -0.482. The fraction of sp³-hybridized carbons (Fsp3) is 0.429. The molecule has 0 atom stereocenters. The largest absolute Gasteiger partial charge is 0.452 e. The van der Waals surface area contributed by atoms with Gasteiger partial charge < -0.3 is 15.8 Å². The van der Waals surface area contributed by atoms with Crippen LogP contribution in [0.25, 0.3) is 0 Å². The molecule has 0 unspecified atom stereocenters. The van der Waals surface area contributed by atoms with Crippen molar-refractivity contribution in [2.75, 3.05) is 18.9 Å². The number of carbonyl (C=O) groups is 2. The Morgan fingerprint density at radius 2 is 2.05 bits per heavy atom. The van der Waals surface area contributed by atoms with Crippen LogP contribution in [0.3, 0.4) is 0 Å². The molecule has 0 saturated carbocycles. The van der Waals surface area contributed by atoms with Crippen molar-refractivity contribution in [1.82, 2.24) is 5.32 Å². The van der Waals surface area contributed by atoms with Crippen LogP contribution in [0.2, 0.25) is 0 Å². The SMILES string of the molecule is Cc1ccc(N)cc1C(=O)OCC(=O)NCC(C)C. The van der Waals surface area contributed by atoms with Crippen LogP contribution in [-0.2, 0) is 9.53 Å². The zero-order chi connectivity index (χ0) is 14.4. The lowest BCUT2D eigenvalue weighted by molar-refractivity contribution is -0.124. The van der Waals surface area contributed by atoms with E-state index in [9.17, 15) is 9.59 Å². The summed E-state index contributed by atoms with van der Waals surface area (Å²) in [6.07, 6.45) is 0. The summed E-state index contributed by atoms with van der Waals surface area (Å²) in [6.45, 7) is 6.05. The van der Waals surface area contributed by atoms with Crippen molar-refractivity contribution in [3.63, 3.8) is 0 Å². The second kappa shape index (κ2) is 6.78. The number of amides is 1. The van der Waals surface area contributed by atoms with Crippen LogP contribution in [0, 0.1) is 12.8 Å². The Kier molecular flexibility index (Phi) is 5.36. The molecule has 5 nitrogen and oxygen atoms in total. The molecule has 0 aliphatic rings. The summed E-state index contributed by atoms with van der Waals surface area (Å²) in [5, 5.41) is 2.67. The van der Waals surface area contributed by atoms with Crippen LogP contribution in [0.15, 0.2) is 18.2 Å². The third-order valence-electron chi connectivity index (χ3n) is 2.52. The highest BCUT2D eigenvalue weighted by Gasteiger charge is 2.13. The number of nitrogen functional groups attached to an aromatic ring is 1. The number of nitrogens with two attached hydrogens (primary N) is 1. The smallest absolute Gasteiger partial charge is 0.338 e. The van der Waals surface area contributed by atoms with Crippen LogP contribution < -0.4 is 11.1 Å². The molecule has 0 radical (unpaired) electrons. The number of carbonyl (C=O) groups excluding carboxylic acids is 2. The molecule has 0 bridgehead atoms. The Bertz CT molecular complexity index is 470. The Morgan fingerprint density at radius 3 is 2.68 bits per heavy atom. The van der Waals surface area contributed by atoms with Crippen molar-refractivity contribution in [3.05, 3.63) is 29.3 Å². The van der Waals surface area contributed by atoms with Crippen molar-refractivity contribution in [1.29, 1.82) is 0 Å². The maximum atomic E-state index is 11.8. The molecule has 19 heavy (non-hydrogen) atoms. The Hall–Kier alpha value is -2.04. The van der Waals surface area contributed by atoms with E-state index in [1.54, 1.807) is 25.1 Å². The lowest BCUT2D eigenvalue weighted by Crippen LogP contribution is -2.31. The second-order valence-corrected chi connectivity index (χ2v) is 4.85. The summed E-state index contributed by atoms with van der Waals surface area (Å²) >= 11 is 0. The number of hydrogen-bond acceptors (Lipinski definition) is 4. The maximum Gasteiger partial charge on any atom is 0.338 e. The first-order valence-electron chi connectivity index (χ1n) is 6.20. The predicted molar refractivity (Wildman–Crippen MR) is 73.7 cm³/mol. The first-order valence-corrected chi connectivity index (χ1v) is 6.20. The van der Waals surface area contributed by atoms with Gasteiger partial charge in [-0.05, 0) is 30.5 Å². The zero-order valence-corrected chi connectivity index (χ0v) is 11.5. The number of anilines is 1. The number of esters is 1. The average Bonchev–Trinajstić information content (AvgIpc) is 2.36. The van der Waals surface area contributed by atoms with E-state index < -0.39 is 5.97 Å². The molecular weight excluding hydrogens is 244 g/mol. The molecule has 1 aromatic carbocycles. The van der Waals surface area contributed by atoms with Crippen molar-refractivity contribution >= 4 is 17.6 Å². The van der Waals surface area contributed by atoms with Gasteiger partial charge in [-0.2, -0.15) is 0 Å². The molecule has 0 spiro atoms. The second-order valence-electron chi connectivity index (χ2n) is 4.85. The number of aryl methyl sites for hydroxylation is 1. The van der Waals surface area contributed by atoms with Crippen LogP contribution in [-0.4, -0.2) is 25.0 Å². The number of hydrogen-bond donors (Lipinski definition) is 2. The Labute approximate surface area is 113 Å². The quantitative estimate of drug-likeness (QED) is 0.624. The normalized spacial score (nSPS) is 10.3. The lowest BCUT2D eigenvalue weighted by Gasteiger charge is -2.09. The molecular formula is C14H20N2O3. The first-order chi connectivity index (χ1) is 8.90. The highest BCUT2D eigenvalue weighted by molar-refractivity contribution is 5.93. The van der Waals surface area contributed by atoms with Gasteiger partial charge in [0.05, 0.1) is 5.56 Å². The van der Waals surface area contributed by atoms with Gasteiger partial charge in [0, 0.05) is 12.2 Å². The fourth-order valence-corrected chi connectivity index (χ4v) is 1.44. The number of benzene rings is 1. The molecule has 1 rings (SSSR count). The van der Waals surface area contributed by atoms with Crippen molar-refractivity contribution in [2.24, 2.45) is 5.92 Å².